The van der Waals surface area contributed by atoms with E-state index >= 15 is 0 Å². The number of ether oxygens (including phenoxy) is 3. The second-order valence-electron chi connectivity index (χ2n) is 5.64. The van der Waals surface area contributed by atoms with Crippen LogP contribution in [0.4, 0.5) is 0 Å². The van der Waals surface area contributed by atoms with E-state index in [0.717, 1.165) is 17.7 Å². The molecule has 0 bridgehead atoms. The van der Waals surface area contributed by atoms with Crippen molar-refractivity contribution in [1.29, 1.82) is 0 Å². The fourth-order valence-corrected chi connectivity index (χ4v) is 2.37. The summed E-state index contributed by atoms with van der Waals surface area (Å²) in [6.45, 7) is 7.72. The third-order valence-corrected chi connectivity index (χ3v) is 3.61. The number of carbonyl (C=O) groups excluding carboxylic acids is 1. The SMILES string of the molecule is CCCOc1ccc(C(=O)C=Cc2ccc(OCC)c(OCC)c2)cc1. The lowest BCUT2D eigenvalue weighted by molar-refractivity contribution is 0.104. The van der Waals surface area contributed by atoms with Gasteiger partial charge in [-0.05, 0) is 68.3 Å². The van der Waals surface area contributed by atoms with Crippen LogP contribution in [0.3, 0.4) is 0 Å². The summed E-state index contributed by atoms with van der Waals surface area (Å²) in [7, 11) is 0. The van der Waals surface area contributed by atoms with Crippen LogP contribution in [0.2, 0.25) is 0 Å². The molecule has 0 saturated heterocycles. The molecule has 2 rings (SSSR count). The van der Waals surface area contributed by atoms with Gasteiger partial charge in [0.1, 0.15) is 5.75 Å². The van der Waals surface area contributed by atoms with E-state index in [2.05, 4.69) is 6.92 Å². The fraction of sp³-hybridized carbons (Fsp3) is 0.318. The van der Waals surface area contributed by atoms with E-state index in [1.165, 1.54) is 0 Å². The average Bonchev–Trinajstić information content (AvgIpc) is 2.67. The standard InChI is InChI=1S/C22H26O4/c1-4-15-26-19-11-9-18(10-12-19)20(23)13-7-17-8-14-21(24-5-2)22(16-17)25-6-3/h7-14,16H,4-6,15H2,1-3H3. The molecule has 4 heteroatoms. The Morgan fingerprint density at radius 1 is 0.885 bits per heavy atom. The second-order valence-corrected chi connectivity index (χ2v) is 5.64. The first-order chi connectivity index (χ1) is 12.7. The lowest BCUT2D eigenvalue weighted by Gasteiger charge is -2.11. The first-order valence-corrected chi connectivity index (χ1v) is 9.02. The summed E-state index contributed by atoms with van der Waals surface area (Å²) in [5, 5.41) is 0. The molecular formula is C22H26O4. The molecule has 138 valence electrons. The molecule has 0 spiro atoms. The zero-order chi connectivity index (χ0) is 18.8. The highest BCUT2D eigenvalue weighted by Crippen LogP contribution is 2.29. The monoisotopic (exact) mass is 354 g/mol. The molecule has 0 aliphatic heterocycles. The molecule has 0 fully saturated rings. The van der Waals surface area contributed by atoms with Gasteiger partial charge in [0.2, 0.25) is 0 Å². The highest BCUT2D eigenvalue weighted by Gasteiger charge is 2.06. The topological polar surface area (TPSA) is 44.8 Å². The van der Waals surface area contributed by atoms with Crippen LogP contribution in [0.5, 0.6) is 17.2 Å². The molecule has 2 aromatic rings. The van der Waals surface area contributed by atoms with Gasteiger partial charge in [-0.15, -0.1) is 0 Å². The number of hydrogen-bond acceptors (Lipinski definition) is 4. The minimum absolute atomic E-state index is 0.0566. The molecular weight excluding hydrogens is 328 g/mol. The molecule has 2 aromatic carbocycles. The van der Waals surface area contributed by atoms with Gasteiger partial charge >= 0.3 is 0 Å². The van der Waals surface area contributed by atoms with E-state index in [9.17, 15) is 4.79 Å². The van der Waals surface area contributed by atoms with Crippen molar-refractivity contribution in [1.82, 2.24) is 0 Å². The van der Waals surface area contributed by atoms with Crippen molar-refractivity contribution in [3.05, 3.63) is 59.7 Å². The van der Waals surface area contributed by atoms with Gasteiger partial charge < -0.3 is 14.2 Å². The van der Waals surface area contributed by atoms with Crippen molar-refractivity contribution in [2.24, 2.45) is 0 Å². The van der Waals surface area contributed by atoms with Gasteiger partial charge in [-0.2, -0.15) is 0 Å². The fourth-order valence-electron chi connectivity index (χ4n) is 2.37. The molecule has 4 nitrogen and oxygen atoms in total. The van der Waals surface area contributed by atoms with Crippen molar-refractivity contribution in [2.75, 3.05) is 19.8 Å². The smallest absolute Gasteiger partial charge is 0.185 e. The number of hydrogen-bond donors (Lipinski definition) is 0. The number of benzene rings is 2. The van der Waals surface area contributed by atoms with Crippen molar-refractivity contribution >= 4 is 11.9 Å². The van der Waals surface area contributed by atoms with Crippen LogP contribution in [0, 0.1) is 0 Å². The molecule has 0 unspecified atom stereocenters. The van der Waals surface area contributed by atoms with Gasteiger partial charge in [0.05, 0.1) is 19.8 Å². The normalized spacial score (nSPS) is 10.7. The molecule has 0 aromatic heterocycles. The Kier molecular flexibility index (Phi) is 7.75. The quantitative estimate of drug-likeness (QED) is 0.436. The largest absolute Gasteiger partial charge is 0.494 e. The van der Waals surface area contributed by atoms with Gasteiger partial charge in [0, 0.05) is 5.56 Å². The molecule has 0 saturated carbocycles. The van der Waals surface area contributed by atoms with Crippen molar-refractivity contribution in [2.45, 2.75) is 27.2 Å². The Morgan fingerprint density at radius 3 is 2.23 bits per heavy atom. The molecule has 0 heterocycles. The summed E-state index contributed by atoms with van der Waals surface area (Å²) in [5.41, 5.74) is 1.51. The molecule has 0 N–H and O–H groups in total. The summed E-state index contributed by atoms with van der Waals surface area (Å²) in [6.07, 6.45) is 4.30. The zero-order valence-electron chi connectivity index (χ0n) is 15.7. The summed E-state index contributed by atoms with van der Waals surface area (Å²) >= 11 is 0. The third-order valence-electron chi connectivity index (χ3n) is 3.61. The number of carbonyl (C=O) groups is 1. The summed E-state index contributed by atoms with van der Waals surface area (Å²) < 4.78 is 16.7. The van der Waals surface area contributed by atoms with Gasteiger partial charge in [0.15, 0.2) is 17.3 Å². The van der Waals surface area contributed by atoms with Gasteiger partial charge in [-0.1, -0.05) is 19.1 Å². The van der Waals surface area contributed by atoms with E-state index in [-0.39, 0.29) is 5.78 Å². The molecule has 0 aliphatic carbocycles. The number of allylic oxidation sites excluding steroid dienone is 1. The Balaban J connectivity index is 2.08. The van der Waals surface area contributed by atoms with E-state index in [1.54, 1.807) is 24.3 Å². The third kappa shape index (κ3) is 5.66. The van der Waals surface area contributed by atoms with Crippen molar-refractivity contribution in [3.63, 3.8) is 0 Å². The summed E-state index contributed by atoms with van der Waals surface area (Å²) in [6, 6.07) is 12.8. The maximum Gasteiger partial charge on any atom is 0.185 e. The zero-order valence-corrected chi connectivity index (χ0v) is 15.7. The van der Waals surface area contributed by atoms with Crippen molar-refractivity contribution in [3.8, 4) is 17.2 Å². The minimum Gasteiger partial charge on any atom is -0.494 e. The minimum atomic E-state index is -0.0566. The number of rotatable bonds is 10. The highest BCUT2D eigenvalue weighted by atomic mass is 16.5. The second kappa shape index (κ2) is 10.3. The molecule has 0 atom stereocenters. The Bertz CT molecular complexity index is 732. The van der Waals surface area contributed by atoms with E-state index in [1.807, 2.05) is 44.2 Å². The summed E-state index contributed by atoms with van der Waals surface area (Å²) in [5.74, 6) is 2.11. The Hall–Kier alpha value is -2.75. The maximum absolute atomic E-state index is 12.3. The Morgan fingerprint density at radius 2 is 1.58 bits per heavy atom. The highest BCUT2D eigenvalue weighted by molar-refractivity contribution is 6.06. The predicted octanol–water partition coefficient (Wildman–Crippen LogP) is 5.17. The maximum atomic E-state index is 12.3. The van der Waals surface area contributed by atoms with E-state index in [4.69, 9.17) is 14.2 Å². The average molecular weight is 354 g/mol. The number of ketones is 1. The molecule has 0 amide bonds. The molecule has 0 aliphatic rings. The Labute approximate surface area is 155 Å². The van der Waals surface area contributed by atoms with Gasteiger partial charge in [-0.3, -0.25) is 4.79 Å². The van der Waals surface area contributed by atoms with Crippen LogP contribution in [-0.4, -0.2) is 25.6 Å². The molecule has 0 radical (unpaired) electrons. The van der Waals surface area contributed by atoms with Crippen LogP contribution in [0.25, 0.3) is 6.08 Å². The molecule has 26 heavy (non-hydrogen) atoms. The van der Waals surface area contributed by atoms with Gasteiger partial charge in [0.25, 0.3) is 0 Å². The van der Waals surface area contributed by atoms with Gasteiger partial charge in [-0.25, -0.2) is 0 Å². The van der Waals surface area contributed by atoms with E-state index < -0.39 is 0 Å². The lowest BCUT2D eigenvalue weighted by atomic mass is 10.1. The van der Waals surface area contributed by atoms with Crippen molar-refractivity contribution < 1.29 is 19.0 Å². The van der Waals surface area contributed by atoms with Crippen LogP contribution >= 0.6 is 0 Å². The van der Waals surface area contributed by atoms with Crippen LogP contribution < -0.4 is 14.2 Å². The van der Waals surface area contributed by atoms with Crippen LogP contribution in [0.15, 0.2) is 48.5 Å². The predicted molar refractivity (Wildman–Crippen MR) is 104 cm³/mol. The summed E-state index contributed by atoms with van der Waals surface area (Å²) in [4.78, 5) is 12.3. The van der Waals surface area contributed by atoms with E-state index in [0.29, 0.717) is 36.9 Å². The van der Waals surface area contributed by atoms with Crippen LogP contribution in [0.1, 0.15) is 43.1 Å². The van der Waals surface area contributed by atoms with Crippen LogP contribution in [-0.2, 0) is 0 Å². The lowest BCUT2D eigenvalue weighted by Crippen LogP contribution is -1.99. The first kappa shape index (κ1) is 19.6. The first-order valence-electron chi connectivity index (χ1n) is 9.02.